The number of carbonyl (C=O) groups excluding carboxylic acids is 1. The SMILES string of the molecule is O=C(C[C@@H]1COC[C@H]2CN(Cc3cccs3)C[C@@H]12)N1CCCCO1.O=C(O)C(F)(F)F. The van der Waals surface area contributed by atoms with E-state index in [4.69, 9.17) is 19.5 Å². The van der Waals surface area contributed by atoms with E-state index in [-0.39, 0.29) is 5.91 Å². The van der Waals surface area contributed by atoms with Gasteiger partial charge in [0, 0.05) is 37.5 Å². The van der Waals surface area contributed by atoms with Crippen LogP contribution in [0.2, 0.25) is 0 Å². The number of aliphatic carboxylic acids is 1. The zero-order valence-electron chi connectivity index (χ0n) is 17.1. The molecule has 11 heteroatoms. The summed E-state index contributed by atoms with van der Waals surface area (Å²) in [4.78, 5) is 30.9. The molecular weight excluding hydrogens is 437 g/mol. The van der Waals surface area contributed by atoms with Crippen LogP contribution in [-0.4, -0.2) is 72.6 Å². The molecule has 0 aromatic carbocycles. The molecule has 3 fully saturated rings. The topological polar surface area (TPSA) is 79.3 Å². The lowest BCUT2D eigenvalue weighted by molar-refractivity contribution is -0.199. The molecule has 0 bridgehead atoms. The molecule has 0 aliphatic carbocycles. The van der Waals surface area contributed by atoms with E-state index in [1.54, 1.807) is 5.06 Å². The Hall–Kier alpha value is -1.69. The first kappa shape index (κ1) is 24.0. The van der Waals surface area contributed by atoms with Gasteiger partial charge in [0.05, 0.1) is 19.8 Å². The molecule has 31 heavy (non-hydrogen) atoms. The summed E-state index contributed by atoms with van der Waals surface area (Å²) in [6.07, 6.45) is -2.42. The summed E-state index contributed by atoms with van der Waals surface area (Å²) in [6, 6.07) is 4.32. The highest BCUT2D eigenvalue weighted by atomic mass is 32.1. The molecule has 1 aromatic rings. The normalized spacial score (nSPS) is 26.7. The van der Waals surface area contributed by atoms with Gasteiger partial charge < -0.3 is 9.84 Å². The summed E-state index contributed by atoms with van der Waals surface area (Å²) in [5.41, 5.74) is 0. The average Bonchev–Trinajstić information content (AvgIpc) is 3.38. The maximum atomic E-state index is 12.5. The highest BCUT2D eigenvalue weighted by molar-refractivity contribution is 7.09. The number of likely N-dealkylation sites (tertiary alicyclic amines) is 1. The lowest BCUT2D eigenvalue weighted by Gasteiger charge is -2.34. The molecule has 1 aromatic heterocycles. The number of ether oxygens (including phenoxy) is 1. The van der Waals surface area contributed by atoms with Gasteiger partial charge in [-0.3, -0.25) is 14.5 Å². The van der Waals surface area contributed by atoms with Gasteiger partial charge >= 0.3 is 12.1 Å². The second-order valence-corrected chi connectivity index (χ2v) is 9.07. The first-order chi connectivity index (χ1) is 14.7. The van der Waals surface area contributed by atoms with E-state index in [0.29, 0.717) is 37.4 Å². The van der Waals surface area contributed by atoms with Crippen LogP contribution in [0.3, 0.4) is 0 Å². The fourth-order valence-electron chi connectivity index (χ4n) is 4.28. The summed E-state index contributed by atoms with van der Waals surface area (Å²) in [7, 11) is 0. The van der Waals surface area contributed by atoms with Gasteiger partial charge in [-0.05, 0) is 42.0 Å². The molecule has 0 radical (unpaired) electrons. The molecule has 1 N–H and O–H groups in total. The average molecular weight is 465 g/mol. The van der Waals surface area contributed by atoms with E-state index >= 15 is 0 Å². The fourth-order valence-corrected chi connectivity index (χ4v) is 5.02. The van der Waals surface area contributed by atoms with Crippen molar-refractivity contribution in [1.29, 1.82) is 0 Å². The van der Waals surface area contributed by atoms with E-state index < -0.39 is 12.1 Å². The number of rotatable bonds is 4. The third kappa shape index (κ3) is 6.90. The van der Waals surface area contributed by atoms with Crippen LogP contribution in [0.15, 0.2) is 17.5 Å². The molecule has 3 aliphatic heterocycles. The standard InChI is InChI=1S/C18H26N2O3S.C2HF3O2/c21-18(20-5-1-2-6-23-20)8-14-12-22-13-15-9-19(11-17(14)15)10-16-4-3-7-24-16;3-2(4,5)1(6)7/h3-4,7,14-15,17H,1-2,5-6,8-13H2;(H,6,7)/t14-,15-,17+;/m1./s1. The predicted molar refractivity (Wildman–Crippen MR) is 106 cm³/mol. The monoisotopic (exact) mass is 464 g/mol. The third-order valence-corrected chi connectivity index (χ3v) is 6.62. The van der Waals surface area contributed by atoms with Gasteiger partial charge in [-0.2, -0.15) is 13.2 Å². The summed E-state index contributed by atoms with van der Waals surface area (Å²) in [5.74, 6) is -1.14. The lowest BCUT2D eigenvalue weighted by Crippen LogP contribution is -2.41. The number of hydrogen-bond donors (Lipinski definition) is 1. The highest BCUT2D eigenvalue weighted by Gasteiger charge is 2.42. The molecule has 3 atom stereocenters. The first-order valence-electron chi connectivity index (χ1n) is 10.3. The van der Waals surface area contributed by atoms with Crippen LogP contribution in [0, 0.1) is 17.8 Å². The zero-order valence-corrected chi connectivity index (χ0v) is 17.9. The molecule has 174 valence electrons. The Labute approximate surface area is 182 Å². The van der Waals surface area contributed by atoms with Crippen LogP contribution in [0.25, 0.3) is 0 Å². The molecule has 4 rings (SSSR count). The smallest absolute Gasteiger partial charge is 0.475 e. The second-order valence-electron chi connectivity index (χ2n) is 8.04. The van der Waals surface area contributed by atoms with Gasteiger partial charge in [0.2, 0.25) is 5.91 Å². The van der Waals surface area contributed by atoms with Gasteiger partial charge in [0.1, 0.15) is 0 Å². The van der Waals surface area contributed by atoms with Crippen molar-refractivity contribution in [3.8, 4) is 0 Å². The van der Waals surface area contributed by atoms with Crippen LogP contribution in [0.5, 0.6) is 0 Å². The van der Waals surface area contributed by atoms with E-state index in [0.717, 1.165) is 45.6 Å². The third-order valence-electron chi connectivity index (χ3n) is 5.76. The highest BCUT2D eigenvalue weighted by Crippen LogP contribution is 2.37. The van der Waals surface area contributed by atoms with Gasteiger partial charge in [0.25, 0.3) is 0 Å². The number of hydrogen-bond acceptors (Lipinski definition) is 6. The van der Waals surface area contributed by atoms with Crippen LogP contribution in [0.1, 0.15) is 24.1 Å². The minimum absolute atomic E-state index is 0.139. The number of hydroxylamine groups is 2. The van der Waals surface area contributed by atoms with Crippen LogP contribution >= 0.6 is 11.3 Å². The molecule has 0 spiro atoms. The maximum absolute atomic E-state index is 12.5. The van der Waals surface area contributed by atoms with Gasteiger partial charge in [0.15, 0.2) is 0 Å². The molecule has 0 unspecified atom stereocenters. The molecule has 1 amide bonds. The number of alkyl halides is 3. The summed E-state index contributed by atoms with van der Waals surface area (Å²) in [5, 5.41) is 10.9. The van der Waals surface area contributed by atoms with Crippen molar-refractivity contribution >= 4 is 23.2 Å². The molecule has 4 heterocycles. The number of carboxylic acid groups (broad SMARTS) is 1. The lowest BCUT2D eigenvalue weighted by atomic mass is 9.81. The van der Waals surface area contributed by atoms with Gasteiger partial charge in [-0.1, -0.05) is 6.07 Å². The van der Waals surface area contributed by atoms with Crippen LogP contribution in [-0.2, 0) is 25.7 Å². The van der Waals surface area contributed by atoms with Gasteiger partial charge in [-0.15, -0.1) is 11.3 Å². The van der Waals surface area contributed by atoms with Crippen molar-refractivity contribution in [2.45, 2.75) is 32.0 Å². The van der Waals surface area contributed by atoms with E-state index in [1.807, 2.05) is 11.3 Å². The molecule has 3 saturated heterocycles. The summed E-state index contributed by atoms with van der Waals surface area (Å²) < 4.78 is 37.6. The van der Waals surface area contributed by atoms with Crippen molar-refractivity contribution in [3.63, 3.8) is 0 Å². The summed E-state index contributed by atoms with van der Waals surface area (Å²) >= 11 is 1.82. The number of thiophene rings is 1. The Bertz CT molecular complexity index is 725. The number of carboxylic acids is 1. The van der Waals surface area contributed by atoms with Crippen molar-refractivity contribution in [2.24, 2.45) is 17.8 Å². The minimum Gasteiger partial charge on any atom is -0.475 e. The number of nitrogens with zero attached hydrogens (tertiary/aromatic N) is 2. The van der Waals surface area contributed by atoms with Crippen molar-refractivity contribution in [1.82, 2.24) is 9.96 Å². The Kier molecular flexibility index (Phi) is 8.31. The van der Waals surface area contributed by atoms with E-state index in [1.165, 1.54) is 4.88 Å². The molecule has 0 saturated carbocycles. The molecule has 7 nitrogen and oxygen atoms in total. The Morgan fingerprint density at radius 1 is 1.23 bits per heavy atom. The van der Waals surface area contributed by atoms with Crippen molar-refractivity contribution in [3.05, 3.63) is 22.4 Å². The number of amides is 1. The largest absolute Gasteiger partial charge is 0.490 e. The van der Waals surface area contributed by atoms with Crippen molar-refractivity contribution in [2.75, 3.05) is 39.5 Å². The number of halogens is 3. The molecule has 3 aliphatic rings. The van der Waals surface area contributed by atoms with E-state index in [2.05, 4.69) is 22.4 Å². The van der Waals surface area contributed by atoms with Crippen LogP contribution in [0.4, 0.5) is 13.2 Å². The van der Waals surface area contributed by atoms with Gasteiger partial charge in [-0.25, -0.2) is 9.86 Å². The zero-order chi connectivity index (χ0) is 22.4. The molecular formula is C20H27F3N2O5S. The predicted octanol–water partition coefficient (Wildman–Crippen LogP) is 3.02. The quantitative estimate of drug-likeness (QED) is 0.738. The fraction of sp³-hybridized carbons (Fsp3) is 0.700. The summed E-state index contributed by atoms with van der Waals surface area (Å²) in [6.45, 7) is 6.18. The Morgan fingerprint density at radius 2 is 2.00 bits per heavy atom. The maximum Gasteiger partial charge on any atom is 0.490 e. The van der Waals surface area contributed by atoms with Crippen LogP contribution < -0.4 is 0 Å². The second kappa shape index (κ2) is 10.8. The van der Waals surface area contributed by atoms with Crippen molar-refractivity contribution < 1.29 is 37.4 Å². The van der Waals surface area contributed by atoms with E-state index in [9.17, 15) is 18.0 Å². The Balaban J connectivity index is 0.000000339. The Morgan fingerprint density at radius 3 is 2.61 bits per heavy atom. The number of fused-ring (bicyclic) bond motifs is 1. The number of carbonyl (C=O) groups is 2. The minimum atomic E-state index is -5.08. The first-order valence-corrected chi connectivity index (χ1v) is 11.2.